The van der Waals surface area contributed by atoms with Crippen molar-refractivity contribution >= 4 is 27.6 Å². The molecule has 1 amide bonds. The number of piperazine rings is 1. The second-order valence-electron chi connectivity index (χ2n) is 9.46. The fraction of sp³-hybridized carbons (Fsp3) is 0.481. The maximum absolute atomic E-state index is 13.7. The lowest BCUT2D eigenvalue weighted by molar-refractivity contribution is -0.157. The van der Waals surface area contributed by atoms with Crippen LogP contribution in [0.3, 0.4) is 0 Å². The first-order valence-electron chi connectivity index (χ1n) is 12.7. The van der Waals surface area contributed by atoms with Gasteiger partial charge in [0.05, 0.1) is 31.9 Å². The fourth-order valence-corrected chi connectivity index (χ4v) is 6.45. The van der Waals surface area contributed by atoms with E-state index in [1.165, 1.54) is 18.3 Å². The van der Waals surface area contributed by atoms with Gasteiger partial charge in [-0.05, 0) is 54.8 Å². The topological polar surface area (TPSA) is 115 Å². The number of anilines is 1. The van der Waals surface area contributed by atoms with Crippen LogP contribution in [0, 0.1) is 0 Å². The van der Waals surface area contributed by atoms with Crippen LogP contribution >= 0.6 is 0 Å². The number of sulfonamides is 1. The number of rotatable bonds is 8. The Morgan fingerprint density at radius 3 is 2.05 bits per heavy atom. The number of amides is 1. The predicted octanol–water partition coefficient (Wildman–Crippen LogP) is 2.06. The van der Waals surface area contributed by atoms with E-state index in [-0.39, 0.29) is 17.3 Å². The van der Waals surface area contributed by atoms with Crippen LogP contribution in [0.4, 0.5) is 5.69 Å². The van der Waals surface area contributed by atoms with Crippen molar-refractivity contribution in [2.75, 3.05) is 59.0 Å². The SMILES string of the molecule is COc1cc2c(cc1OC)CN(S(=O)(=O)c1ccc(OC)c(N3CCN(C(=O)[C@H](C)OC(C)=O)CC3)c1)CC2. The molecule has 0 aromatic heterocycles. The Morgan fingerprint density at radius 2 is 1.46 bits per heavy atom. The van der Waals surface area contributed by atoms with Gasteiger partial charge in [0.25, 0.3) is 5.91 Å². The van der Waals surface area contributed by atoms with Gasteiger partial charge in [-0.25, -0.2) is 8.42 Å². The largest absolute Gasteiger partial charge is 0.495 e. The van der Waals surface area contributed by atoms with Crippen LogP contribution in [0.25, 0.3) is 0 Å². The number of hydrogen-bond donors (Lipinski definition) is 0. The van der Waals surface area contributed by atoms with Gasteiger partial charge < -0.3 is 28.7 Å². The Labute approximate surface area is 229 Å². The molecule has 1 saturated heterocycles. The monoisotopic (exact) mass is 561 g/mol. The van der Waals surface area contributed by atoms with E-state index in [1.807, 2.05) is 17.0 Å². The van der Waals surface area contributed by atoms with Crippen LogP contribution in [0.2, 0.25) is 0 Å². The number of benzene rings is 2. The number of fused-ring (bicyclic) bond motifs is 1. The first-order valence-corrected chi connectivity index (χ1v) is 14.2. The normalized spacial score (nSPS) is 16.7. The minimum absolute atomic E-state index is 0.171. The minimum atomic E-state index is -3.81. The summed E-state index contributed by atoms with van der Waals surface area (Å²) < 4.78 is 50.3. The molecule has 0 bridgehead atoms. The number of carbonyl (C=O) groups is 2. The predicted molar refractivity (Wildman–Crippen MR) is 144 cm³/mol. The van der Waals surface area contributed by atoms with E-state index < -0.39 is 22.1 Å². The van der Waals surface area contributed by atoms with Crippen molar-refractivity contribution in [2.24, 2.45) is 0 Å². The van der Waals surface area contributed by atoms with Crippen LogP contribution in [0.5, 0.6) is 17.2 Å². The maximum Gasteiger partial charge on any atom is 0.303 e. The van der Waals surface area contributed by atoms with Crippen molar-refractivity contribution in [3.05, 3.63) is 41.5 Å². The quantitative estimate of drug-likeness (QED) is 0.447. The van der Waals surface area contributed by atoms with Crippen molar-refractivity contribution in [3.8, 4) is 17.2 Å². The van der Waals surface area contributed by atoms with Crippen molar-refractivity contribution in [1.29, 1.82) is 0 Å². The minimum Gasteiger partial charge on any atom is -0.495 e. The number of hydrogen-bond acceptors (Lipinski definition) is 9. The molecule has 0 radical (unpaired) electrons. The second-order valence-corrected chi connectivity index (χ2v) is 11.4. The molecule has 11 nitrogen and oxygen atoms in total. The summed E-state index contributed by atoms with van der Waals surface area (Å²) in [6.07, 6.45) is -0.299. The molecule has 0 aliphatic carbocycles. The Bertz CT molecular complexity index is 1340. The number of nitrogens with zero attached hydrogens (tertiary/aromatic N) is 3. The maximum atomic E-state index is 13.7. The zero-order valence-electron chi connectivity index (χ0n) is 22.9. The highest BCUT2D eigenvalue weighted by molar-refractivity contribution is 7.89. The first kappa shape index (κ1) is 28.5. The number of esters is 1. The summed E-state index contributed by atoms with van der Waals surface area (Å²) in [4.78, 5) is 27.7. The lowest BCUT2D eigenvalue weighted by Gasteiger charge is -2.37. The molecule has 1 fully saturated rings. The standard InChI is InChI=1S/C27H35N3O8S/c1-18(38-19(2)31)27(32)29-12-10-28(11-13-29)23-16-22(6-7-24(23)35-3)39(33,34)30-9-8-20-14-25(36-4)26(37-5)15-21(20)17-30/h6-7,14-16,18H,8-13,17H2,1-5H3/t18-/m0/s1. The second kappa shape index (κ2) is 11.7. The van der Waals surface area contributed by atoms with Gasteiger partial charge in [0.2, 0.25) is 10.0 Å². The molecule has 2 aromatic rings. The molecule has 2 heterocycles. The smallest absolute Gasteiger partial charge is 0.303 e. The molecular weight excluding hydrogens is 526 g/mol. The van der Waals surface area contributed by atoms with Crippen molar-refractivity contribution in [3.63, 3.8) is 0 Å². The average Bonchev–Trinajstić information content (AvgIpc) is 2.94. The Kier molecular flexibility index (Phi) is 8.55. The molecule has 0 saturated carbocycles. The number of carbonyl (C=O) groups excluding carboxylic acids is 2. The third-order valence-electron chi connectivity index (χ3n) is 7.09. The van der Waals surface area contributed by atoms with E-state index in [4.69, 9.17) is 18.9 Å². The summed E-state index contributed by atoms with van der Waals surface area (Å²) in [7, 11) is 0.859. The van der Waals surface area contributed by atoms with Gasteiger partial charge in [-0.15, -0.1) is 0 Å². The molecule has 2 aromatic carbocycles. The van der Waals surface area contributed by atoms with Crippen molar-refractivity contribution in [1.82, 2.24) is 9.21 Å². The summed E-state index contributed by atoms with van der Waals surface area (Å²) in [6, 6.07) is 8.59. The molecule has 212 valence electrons. The molecule has 39 heavy (non-hydrogen) atoms. The molecule has 12 heteroatoms. The first-order chi connectivity index (χ1) is 18.6. The average molecular weight is 562 g/mol. The summed E-state index contributed by atoms with van der Waals surface area (Å²) in [5.41, 5.74) is 2.55. The number of methoxy groups -OCH3 is 3. The van der Waals surface area contributed by atoms with Gasteiger partial charge in [-0.2, -0.15) is 4.31 Å². The van der Waals surface area contributed by atoms with E-state index in [1.54, 1.807) is 44.2 Å². The molecule has 0 spiro atoms. The van der Waals surface area contributed by atoms with Gasteiger partial charge in [-0.3, -0.25) is 9.59 Å². The Balaban J connectivity index is 1.53. The molecule has 0 unspecified atom stereocenters. The molecule has 2 aliphatic heterocycles. The van der Waals surface area contributed by atoms with Gasteiger partial charge >= 0.3 is 5.97 Å². The molecule has 4 rings (SSSR count). The van der Waals surface area contributed by atoms with Gasteiger partial charge in [0, 0.05) is 46.2 Å². The Morgan fingerprint density at radius 1 is 0.846 bits per heavy atom. The van der Waals surface area contributed by atoms with Gasteiger partial charge in [0.15, 0.2) is 17.6 Å². The van der Waals surface area contributed by atoms with E-state index in [0.29, 0.717) is 62.1 Å². The molecule has 1 atom stereocenters. The molecule has 0 N–H and O–H groups in total. The van der Waals surface area contributed by atoms with Crippen LogP contribution < -0.4 is 19.1 Å². The van der Waals surface area contributed by atoms with Crippen LogP contribution in [-0.2, 0) is 37.3 Å². The highest BCUT2D eigenvalue weighted by Gasteiger charge is 2.32. The fourth-order valence-electron chi connectivity index (χ4n) is 5.01. The van der Waals surface area contributed by atoms with Gasteiger partial charge in [0.1, 0.15) is 5.75 Å². The van der Waals surface area contributed by atoms with Crippen LogP contribution in [0.15, 0.2) is 35.2 Å². The zero-order chi connectivity index (χ0) is 28.3. The summed E-state index contributed by atoms with van der Waals surface area (Å²) >= 11 is 0. The van der Waals surface area contributed by atoms with Crippen LogP contribution in [0.1, 0.15) is 25.0 Å². The van der Waals surface area contributed by atoms with Crippen molar-refractivity contribution in [2.45, 2.75) is 37.8 Å². The highest BCUT2D eigenvalue weighted by atomic mass is 32.2. The lowest BCUT2D eigenvalue weighted by atomic mass is 10.0. The lowest BCUT2D eigenvalue weighted by Crippen LogP contribution is -2.51. The molecule has 2 aliphatic rings. The van der Waals surface area contributed by atoms with E-state index in [0.717, 1.165) is 11.1 Å². The third kappa shape index (κ3) is 5.91. The Hall–Kier alpha value is -3.51. The zero-order valence-corrected chi connectivity index (χ0v) is 23.7. The van der Waals surface area contributed by atoms with E-state index >= 15 is 0 Å². The summed E-state index contributed by atoms with van der Waals surface area (Å²) in [5.74, 6) is 0.959. The van der Waals surface area contributed by atoms with Crippen molar-refractivity contribution < 1.29 is 37.0 Å². The van der Waals surface area contributed by atoms with Crippen LogP contribution in [-0.4, -0.2) is 89.7 Å². The van der Waals surface area contributed by atoms with E-state index in [2.05, 4.69) is 0 Å². The molecular formula is C27H35N3O8S. The highest BCUT2D eigenvalue weighted by Crippen LogP contribution is 2.36. The summed E-state index contributed by atoms with van der Waals surface area (Å²) in [6.45, 7) is 5.13. The summed E-state index contributed by atoms with van der Waals surface area (Å²) in [5, 5.41) is 0. The van der Waals surface area contributed by atoms with Gasteiger partial charge in [-0.1, -0.05) is 0 Å². The third-order valence-corrected chi connectivity index (χ3v) is 8.93. The number of ether oxygens (including phenoxy) is 4. The van der Waals surface area contributed by atoms with E-state index in [9.17, 15) is 18.0 Å².